The molecule has 20 heavy (non-hydrogen) atoms. The third-order valence-corrected chi connectivity index (χ3v) is 3.52. The second-order valence-corrected chi connectivity index (χ2v) is 5.32. The number of carbonyl (C=O) groups is 1. The SMILES string of the molecule is Cc1cc(Br)c(F)cc1Nc1cc(C(=O)O)c(Cl)cn1. The van der Waals surface area contributed by atoms with E-state index in [2.05, 4.69) is 26.2 Å². The number of aromatic nitrogens is 1. The van der Waals surface area contributed by atoms with Crippen LogP contribution in [0.2, 0.25) is 5.02 Å². The molecule has 1 heterocycles. The van der Waals surface area contributed by atoms with Crippen LogP contribution < -0.4 is 5.32 Å². The maximum absolute atomic E-state index is 13.5. The van der Waals surface area contributed by atoms with Crippen molar-refractivity contribution in [3.8, 4) is 0 Å². The number of carboxylic acid groups (broad SMARTS) is 1. The number of pyridine rings is 1. The van der Waals surface area contributed by atoms with E-state index < -0.39 is 11.8 Å². The molecule has 1 aromatic heterocycles. The molecule has 0 unspecified atom stereocenters. The van der Waals surface area contributed by atoms with E-state index in [9.17, 15) is 9.18 Å². The fourth-order valence-corrected chi connectivity index (χ4v) is 2.23. The van der Waals surface area contributed by atoms with Crippen molar-refractivity contribution in [3.05, 3.63) is 50.8 Å². The van der Waals surface area contributed by atoms with Crippen molar-refractivity contribution in [2.24, 2.45) is 0 Å². The summed E-state index contributed by atoms with van der Waals surface area (Å²) in [6, 6.07) is 4.21. The molecule has 0 bridgehead atoms. The molecule has 1 aromatic carbocycles. The van der Waals surface area contributed by atoms with Gasteiger partial charge in [0.05, 0.1) is 15.1 Å². The summed E-state index contributed by atoms with van der Waals surface area (Å²) in [7, 11) is 0. The minimum absolute atomic E-state index is 0.0433. The highest BCUT2D eigenvalue weighted by atomic mass is 79.9. The number of aromatic carboxylic acids is 1. The second-order valence-electron chi connectivity index (χ2n) is 4.06. The molecule has 0 atom stereocenters. The number of aryl methyl sites for hydroxylation is 1. The average molecular weight is 360 g/mol. The number of nitrogens with one attached hydrogen (secondary N) is 1. The summed E-state index contributed by atoms with van der Waals surface area (Å²) >= 11 is 8.83. The quantitative estimate of drug-likeness (QED) is 0.853. The van der Waals surface area contributed by atoms with Crippen LogP contribution in [0.3, 0.4) is 0 Å². The van der Waals surface area contributed by atoms with E-state index in [0.29, 0.717) is 10.2 Å². The molecular weight excluding hydrogens is 351 g/mol. The number of anilines is 2. The van der Waals surface area contributed by atoms with Crippen LogP contribution in [0.15, 0.2) is 28.9 Å². The van der Waals surface area contributed by atoms with Crippen molar-refractivity contribution >= 4 is 45.0 Å². The normalized spacial score (nSPS) is 10.4. The molecule has 0 aliphatic rings. The Balaban J connectivity index is 2.38. The number of halogens is 3. The first-order chi connectivity index (χ1) is 9.38. The average Bonchev–Trinajstić information content (AvgIpc) is 2.37. The van der Waals surface area contributed by atoms with Gasteiger partial charge in [0.15, 0.2) is 0 Å². The van der Waals surface area contributed by atoms with Crippen molar-refractivity contribution < 1.29 is 14.3 Å². The first kappa shape index (κ1) is 14.7. The molecule has 2 aromatic rings. The van der Waals surface area contributed by atoms with Crippen molar-refractivity contribution in [2.45, 2.75) is 6.92 Å². The third kappa shape index (κ3) is 3.08. The van der Waals surface area contributed by atoms with Gasteiger partial charge in [-0.2, -0.15) is 0 Å². The minimum atomic E-state index is -1.15. The number of hydrogen-bond acceptors (Lipinski definition) is 3. The Hall–Kier alpha value is -1.66. The summed E-state index contributed by atoms with van der Waals surface area (Å²) in [4.78, 5) is 15.0. The standard InChI is InChI=1S/C13H9BrClFN2O2/c1-6-2-8(14)10(16)4-11(6)18-12-3-7(13(19)20)9(15)5-17-12/h2-5H,1H3,(H,17,18)(H,19,20). The Morgan fingerprint density at radius 3 is 2.80 bits per heavy atom. The van der Waals surface area contributed by atoms with Crippen molar-refractivity contribution in [1.82, 2.24) is 4.98 Å². The predicted octanol–water partition coefficient (Wildman–Crippen LogP) is 4.39. The number of rotatable bonds is 3. The lowest BCUT2D eigenvalue weighted by atomic mass is 10.2. The maximum atomic E-state index is 13.5. The highest BCUT2D eigenvalue weighted by Gasteiger charge is 2.12. The first-order valence-corrected chi connectivity index (χ1v) is 6.67. The number of nitrogens with zero attached hydrogens (tertiary/aromatic N) is 1. The summed E-state index contributed by atoms with van der Waals surface area (Å²) in [6.07, 6.45) is 1.23. The lowest BCUT2D eigenvalue weighted by Crippen LogP contribution is -2.02. The molecule has 104 valence electrons. The van der Waals surface area contributed by atoms with E-state index in [0.717, 1.165) is 5.56 Å². The van der Waals surface area contributed by atoms with Crippen LogP contribution >= 0.6 is 27.5 Å². The molecule has 0 aliphatic heterocycles. The lowest BCUT2D eigenvalue weighted by Gasteiger charge is -2.10. The molecule has 0 fully saturated rings. The van der Waals surface area contributed by atoms with Crippen LogP contribution in [0.25, 0.3) is 0 Å². The van der Waals surface area contributed by atoms with E-state index in [-0.39, 0.29) is 16.4 Å². The molecule has 0 spiro atoms. The summed E-state index contributed by atoms with van der Waals surface area (Å²) in [5.74, 6) is -1.30. The van der Waals surface area contributed by atoms with Crippen LogP contribution in [0.5, 0.6) is 0 Å². The van der Waals surface area contributed by atoms with Crippen LogP contribution in [0.4, 0.5) is 15.9 Å². The molecule has 0 saturated carbocycles. The van der Waals surface area contributed by atoms with Crippen LogP contribution in [-0.4, -0.2) is 16.1 Å². The lowest BCUT2D eigenvalue weighted by molar-refractivity contribution is 0.0697. The van der Waals surface area contributed by atoms with Crippen molar-refractivity contribution in [3.63, 3.8) is 0 Å². The van der Waals surface area contributed by atoms with Gasteiger partial charge in [-0.3, -0.25) is 0 Å². The summed E-state index contributed by atoms with van der Waals surface area (Å²) in [6.45, 7) is 1.79. The highest BCUT2D eigenvalue weighted by Crippen LogP contribution is 2.27. The van der Waals surface area contributed by atoms with Gasteiger partial charge < -0.3 is 10.4 Å². The van der Waals surface area contributed by atoms with Gasteiger partial charge in [0, 0.05) is 11.9 Å². The largest absolute Gasteiger partial charge is 0.478 e. The topological polar surface area (TPSA) is 62.2 Å². The van der Waals surface area contributed by atoms with Gasteiger partial charge in [-0.15, -0.1) is 0 Å². The molecule has 4 nitrogen and oxygen atoms in total. The van der Waals surface area contributed by atoms with Crippen LogP contribution in [-0.2, 0) is 0 Å². The molecule has 2 rings (SSSR count). The zero-order valence-corrected chi connectivity index (χ0v) is 12.6. The summed E-state index contributed by atoms with van der Waals surface area (Å²) < 4.78 is 13.9. The maximum Gasteiger partial charge on any atom is 0.337 e. The van der Waals surface area contributed by atoms with Gasteiger partial charge in [-0.25, -0.2) is 14.2 Å². The van der Waals surface area contributed by atoms with Gasteiger partial charge in [0.25, 0.3) is 0 Å². The number of carboxylic acids is 1. The highest BCUT2D eigenvalue weighted by molar-refractivity contribution is 9.10. The van der Waals surface area contributed by atoms with Crippen LogP contribution in [0.1, 0.15) is 15.9 Å². The molecule has 0 radical (unpaired) electrons. The summed E-state index contributed by atoms with van der Waals surface area (Å²) in [5.41, 5.74) is 1.21. The molecular formula is C13H9BrClFN2O2. The minimum Gasteiger partial charge on any atom is -0.478 e. The van der Waals surface area contributed by atoms with Crippen molar-refractivity contribution in [2.75, 3.05) is 5.32 Å². The molecule has 7 heteroatoms. The first-order valence-electron chi connectivity index (χ1n) is 5.50. The van der Waals surface area contributed by atoms with Gasteiger partial charge in [0.2, 0.25) is 0 Å². The zero-order valence-electron chi connectivity index (χ0n) is 10.2. The molecule has 2 N–H and O–H groups in total. The molecule has 0 amide bonds. The third-order valence-electron chi connectivity index (χ3n) is 2.62. The van der Waals surface area contributed by atoms with E-state index in [1.807, 2.05) is 0 Å². The molecule has 0 saturated heterocycles. The Morgan fingerprint density at radius 1 is 1.45 bits per heavy atom. The Labute approximate surface area is 127 Å². The Morgan fingerprint density at radius 2 is 2.15 bits per heavy atom. The monoisotopic (exact) mass is 358 g/mol. The van der Waals surface area contributed by atoms with Gasteiger partial charge >= 0.3 is 5.97 Å². The Bertz CT molecular complexity index is 694. The van der Waals surface area contributed by atoms with Gasteiger partial charge in [-0.1, -0.05) is 11.6 Å². The van der Waals surface area contributed by atoms with Crippen LogP contribution in [0, 0.1) is 12.7 Å². The second kappa shape index (κ2) is 5.76. The number of benzene rings is 1. The fraction of sp³-hybridized carbons (Fsp3) is 0.0769. The fourth-order valence-electron chi connectivity index (χ4n) is 1.59. The predicted molar refractivity (Wildman–Crippen MR) is 78.3 cm³/mol. The van der Waals surface area contributed by atoms with Gasteiger partial charge in [-0.05, 0) is 46.6 Å². The van der Waals surface area contributed by atoms with Crippen molar-refractivity contribution in [1.29, 1.82) is 0 Å². The summed E-state index contributed by atoms with van der Waals surface area (Å²) in [5, 5.41) is 11.9. The Kier molecular flexibility index (Phi) is 4.25. The van der Waals surface area contributed by atoms with Gasteiger partial charge in [0.1, 0.15) is 11.6 Å². The van der Waals surface area contributed by atoms with E-state index in [1.54, 1.807) is 13.0 Å². The molecule has 0 aliphatic carbocycles. The van der Waals surface area contributed by atoms with E-state index in [1.165, 1.54) is 18.3 Å². The number of hydrogen-bond donors (Lipinski definition) is 2. The zero-order chi connectivity index (χ0) is 14.9. The van der Waals surface area contributed by atoms with E-state index >= 15 is 0 Å². The smallest absolute Gasteiger partial charge is 0.337 e. The van der Waals surface area contributed by atoms with E-state index in [4.69, 9.17) is 16.7 Å².